The Morgan fingerprint density at radius 2 is 1.92 bits per heavy atom. The van der Waals surface area contributed by atoms with Gasteiger partial charge in [-0.15, -0.1) is 0 Å². The molecule has 1 saturated carbocycles. The zero-order chi connectivity index (χ0) is 33.3. The van der Waals surface area contributed by atoms with Crippen molar-refractivity contribution in [1.82, 2.24) is 34.3 Å². The van der Waals surface area contributed by atoms with Crippen molar-refractivity contribution in [3.63, 3.8) is 0 Å². The number of nitrogens with two attached hydrogens (primary N) is 1. The number of benzene rings is 1. The number of nitrogens with zero attached hydrogens (tertiary/aromatic N) is 6. The van der Waals surface area contributed by atoms with Crippen LogP contribution in [0.2, 0.25) is 5.15 Å². The molecule has 2 fully saturated rings. The molecule has 4 aromatic heterocycles. The topological polar surface area (TPSA) is 124 Å². The number of carbonyl (C=O) groups excluding carboxylic acids is 2. The number of hydrogen-bond donors (Lipinski definition) is 2. The van der Waals surface area contributed by atoms with Gasteiger partial charge >= 0.3 is 0 Å². The number of likely N-dealkylation sites (tertiary alicyclic amines) is 1. The fraction of sp³-hybridized carbons (Fsp3) is 0.417. The summed E-state index contributed by atoms with van der Waals surface area (Å²) in [6, 6.07) is 12.1. The second-order valence-electron chi connectivity index (χ2n) is 13.6. The predicted octanol–water partition coefficient (Wildman–Crippen LogP) is 5.95. The van der Waals surface area contributed by atoms with Crippen LogP contribution in [-0.4, -0.2) is 59.4 Å². The molecule has 3 aliphatic rings. The first-order chi connectivity index (χ1) is 23.2. The number of hydrogen-bond acceptors (Lipinski definition) is 6. The number of carbonyl (C=O) groups is 2. The van der Waals surface area contributed by atoms with Gasteiger partial charge in [-0.1, -0.05) is 18.0 Å². The van der Waals surface area contributed by atoms with Crippen molar-refractivity contribution < 1.29 is 14.0 Å². The Morgan fingerprint density at radius 1 is 1.06 bits per heavy atom. The summed E-state index contributed by atoms with van der Waals surface area (Å²) in [5, 5.41) is 4.36. The van der Waals surface area contributed by atoms with E-state index in [1.54, 1.807) is 29.8 Å². The minimum Gasteiger partial charge on any atom is -0.344 e. The summed E-state index contributed by atoms with van der Waals surface area (Å²) in [6.07, 6.45) is 6.07. The second-order valence-corrected chi connectivity index (χ2v) is 14.0. The smallest absolute Gasteiger partial charge is 0.254 e. The number of amides is 2. The molecule has 2 amide bonds. The minimum atomic E-state index is -0.487. The Balaban J connectivity index is 1.17. The van der Waals surface area contributed by atoms with E-state index in [9.17, 15) is 9.59 Å². The summed E-state index contributed by atoms with van der Waals surface area (Å²) in [5.41, 5.74) is 11.0. The van der Waals surface area contributed by atoms with Crippen LogP contribution in [0, 0.1) is 11.7 Å². The average molecular weight is 669 g/mol. The van der Waals surface area contributed by atoms with E-state index in [1.165, 1.54) is 6.07 Å². The van der Waals surface area contributed by atoms with Gasteiger partial charge in [0.1, 0.15) is 22.1 Å². The number of rotatable bonds is 2. The highest BCUT2D eigenvalue weighted by molar-refractivity contribution is 6.29. The quantitative estimate of drug-likeness (QED) is 0.224. The lowest BCUT2D eigenvalue weighted by atomic mass is 9.94. The Labute approximate surface area is 282 Å². The Kier molecular flexibility index (Phi) is 7.71. The predicted molar refractivity (Wildman–Crippen MR) is 182 cm³/mol. The zero-order valence-corrected chi connectivity index (χ0v) is 27.8. The molecule has 8 rings (SSSR count). The summed E-state index contributed by atoms with van der Waals surface area (Å²) < 4.78 is 19.8. The second kappa shape index (κ2) is 12.0. The van der Waals surface area contributed by atoms with Gasteiger partial charge in [0.05, 0.1) is 34.2 Å². The number of pyridine rings is 2. The van der Waals surface area contributed by atoms with Crippen LogP contribution in [0.1, 0.15) is 83.6 Å². The van der Waals surface area contributed by atoms with Crippen LogP contribution >= 0.6 is 11.6 Å². The molecular weight excluding hydrogens is 631 g/mol. The SMILES string of the molecule is C[C@H]1NC(=O)c2ccc(Cl)nc2CCCCCn2c(-c3nc4cc(C(=O)N5C[C@H](N)[C@@H]6CC[C@H]5C6)cc(F)c4n3C)cc3ccc1nc32. The molecule has 0 spiro atoms. The van der Waals surface area contributed by atoms with Gasteiger partial charge in [0.25, 0.3) is 11.8 Å². The molecule has 4 atom stereocenters. The molecular formula is C36H38ClFN8O2. The van der Waals surface area contributed by atoms with Crippen LogP contribution in [-0.2, 0) is 20.0 Å². The molecule has 1 aliphatic carbocycles. The third kappa shape index (κ3) is 5.24. The molecule has 1 saturated heterocycles. The molecule has 248 valence electrons. The third-order valence-electron chi connectivity index (χ3n) is 10.6. The van der Waals surface area contributed by atoms with Crippen molar-refractivity contribution in [3.8, 4) is 11.5 Å². The standard InChI is InChI=1S/C36H38ClFN8O2/c1-19-27-11-8-21-17-30(45(33(21)42-27)13-5-3-4-6-28-24(35(47)40-19)10-12-31(37)41-28)34-43-29-16-22(15-25(38)32(29)44(34)2)36(48)46-18-26(39)20-7-9-23(46)14-20/h8,10-12,15-17,19-20,23,26H,3-7,9,13-14,18,39H2,1-2H3,(H,40,47)/t19-,20-,23+,26+/m1/s1. The van der Waals surface area contributed by atoms with Gasteiger partial charge in [-0.05, 0) is 93.8 Å². The van der Waals surface area contributed by atoms with Crippen LogP contribution in [0.25, 0.3) is 33.6 Å². The van der Waals surface area contributed by atoms with Gasteiger partial charge < -0.3 is 25.1 Å². The number of aromatic nitrogens is 5. The fourth-order valence-electron chi connectivity index (χ4n) is 8.01. The summed E-state index contributed by atoms with van der Waals surface area (Å²) >= 11 is 6.20. The van der Waals surface area contributed by atoms with Crippen LogP contribution in [0.5, 0.6) is 0 Å². The minimum absolute atomic E-state index is 0.0492. The van der Waals surface area contributed by atoms with Crippen LogP contribution < -0.4 is 11.1 Å². The van der Waals surface area contributed by atoms with E-state index in [4.69, 9.17) is 27.3 Å². The summed E-state index contributed by atoms with van der Waals surface area (Å²) in [5.74, 6) is 0.150. The van der Waals surface area contributed by atoms with E-state index in [2.05, 4.69) is 14.9 Å². The third-order valence-corrected chi connectivity index (χ3v) is 10.8. The summed E-state index contributed by atoms with van der Waals surface area (Å²) in [4.78, 5) is 43.3. The van der Waals surface area contributed by atoms with Crippen LogP contribution in [0.4, 0.5) is 4.39 Å². The number of nitrogens with one attached hydrogen (secondary N) is 1. The Hall–Kier alpha value is -4.35. The lowest BCUT2D eigenvalue weighted by molar-refractivity contribution is 0.0603. The first kappa shape index (κ1) is 31.0. The van der Waals surface area contributed by atoms with Gasteiger partial charge in [-0.3, -0.25) is 9.59 Å². The zero-order valence-electron chi connectivity index (χ0n) is 27.0. The maximum absolute atomic E-state index is 15.9. The molecule has 12 heteroatoms. The molecule has 48 heavy (non-hydrogen) atoms. The van der Waals surface area contributed by atoms with Crippen molar-refractivity contribution in [3.05, 3.63) is 75.9 Å². The number of piperidine rings is 1. The maximum Gasteiger partial charge on any atom is 0.254 e. The highest BCUT2D eigenvalue weighted by Crippen LogP contribution is 2.37. The van der Waals surface area contributed by atoms with Gasteiger partial charge in [-0.2, -0.15) is 0 Å². The normalized spacial score (nSPS) is 23.0. The van der Waals surface area contributed by atoms with Gasteiger partial charge in [0.15, 0.2) is 5.82 Å². The summed E-state index contributed by atoms with van der Waals surface area (Å²) in [6.45, 7) is 3.07. The van der Waals surface area contributed by atoms with E-state index >= 15 is 4.39 Å². The van der Waals surface area contributed by atoms with E-state index in [1.807, 2.05) is 30.0 Å². The van der Waals surface area contributed by atoms with Crippen molar-refractivity contribution in [2.45, 2.75) is 76.5 Å². The molecule has 3 N–H and O–H groups in total. The van der Waals surface area contributed by atoms with Crippen molar-refractivity contribution >= 4 is 45.5 Å². The Bertz CT molecular complexity index is 2110. The summed E-state index contributed by atoms with van der Waals surface area (Å²) in [7, 11) is 1.80. The van der Waals surface area contributed by atoms with Crippen molar-refractivity contribution in [2.75, 3.05) is 6.54 Å². The lowest BCUT2D eigenvalue weighted by Crippen LogP contribution is -2.51. The van der Waals surface area contributed by atoms with Crippen LogP contribution in [0.15, 0.2) is 42.5 Å². The number of halogens is 2. The number of aryl methyl sites for hydroxylation is 3. The molecule has 4 bridgehead atoms. The Morgan fingerprint density at radius 3 is 2.77 bits per heavy atom. The first-order valence-electron chi connectivity index (χ1n) is 16.9. The van der Waals surface area contributed by atoms with E-state index < -0.39 is 5.82 Å². The molecule has 0 unspecified atom stereocenters. The number of fused-ring (bicyclic) bond motifs is 5. The highest BCUT2D eigenvalue weighted by atomic mass is 35.5. The van der Waals surface area contributed by atoms with E-state index in [0.29, 0.717) is 70.0 Å². The first-order valence-corrected chi connectivity index (χ1v) is 17.2. The fourth-order valence-corrected chi connectivity index (χ4v) is 8.17. The molecule has 6 heterocycles. The molecule has 5 aromatic rings. The van der Waals surface area contributed by atoms with Gasteiger partial charge in [0, 0.05) is 43.2 Å². The average Bonchev–Trinajstić information content (AvgIpc) is 3.75. The monoisotopic (exact) mass is 668 g/mol. The molecule has 0 radical (unpaired) electrons. The molecule has 1 aromatic carbocycles. The van der Waals surface area contributed by atoms with E-state index in [-0.39, 0.29) is 29.9 Å². The van der Waals surface area contributed by atoms with Gasteiger partial charge in [-0.25, -0.2) is 19.3 Å². The molecule has 2 aliphatic heterocycles. The van der Waals surface area contributed by atoms with Crippen molar-refractivity contribution in [1.29, 1.82) is 0 Å². The maximum atomic E-state index is 15.9. The molecule has 10 nitrogen and oxygen atoms in total. The highest BCUT2D eigenvalue weighted by Gasteiger charge is 2.41. The largest absolute Gasteiger partial charge is 0.344 e. The van der Waals surface area contributed by atoms with Gasteiger partial charge in [0.2, 0.25) is 0 Å². The number of imidazole rings is 1. The van der Waals surface area contributed by atoms with E-state index in [0.717, 1.165) is 55.3 Å². The van der Waals surface area contributed by atoms with Crippen LogP contribution in [0.3, 0.4) is 0 Å². The lowest BCUT2D eigenvalue weighted by Gasteiger charge is -2.37. The van der Waals surface area contributed by atoms with Crippen molar-refractivity contribution in [2.24, 2.45) is 18.7 Å².